The number of rotatable bonds is 4. The maximum atomic E-state index is 12.0. The molecule has 1 aromatic carbocycles. The van der Waals surface area contributed by atoms with Crippen LogP contribution in [-0.2, 0) is 9.84 Å². The molecule has 0 atom stereocenters. The molecule has 96 valence electrons. The highest BCUT2D eigenvalue weighted by Crippen LogP contribution is 2.20. The fraction of sp³-hybridized carbons (Fsp3) is 0.308. The second-order valence-corrected chi connectivity index (χ2v) is 5.81. The van der Waals surface area contributed by atoms with Crippen LogP contribution in [0.1, 0.15) is 29.3 Å². The topological polar surface area (TPSA) is 71.4 Å². The van der Waals surface area contributed by atoms with Gasteiger partial charge in [0, 0.05) is 6.42 Å². The molecule has 0 aliphatic heterocycles. The first-order valence-corrected chi connectivity index (χ1v) is 7.00. The third-order valence-electron chi connectivity index (χ3n) is 2.52. The lowest BCUT2D eigenvalue weighted by atomic mass is 10.1. The third kappa shape index (κ3) is 3.11. The Hall–Kier alpha value is -1.80. The minimum atomic E-state index is -3.49. The summed E-state index contributed by atoms with van der Waals surface area (Å²) in [5, 5.41) is 8.95. The molecule has 0 fully saturated rings. The molecule has 5 heteroatoms. The number of carboxylic acid groups (broad SMARTS) is 1. The molecule has 0 saturated carbocycles. The van der Waals surface area contributed by atoms with Crippen LogP contribution < -0.4 is 0 Å². The Morgan fingerprint density at radius 2 is 2.06 bits per heavy atom. The molecule has 0 radical (unpaired) electrons. The van der Waals surface area contributed by atoms with Crippen LogP contribution in [0.15, 0.2) is 23.1 Å². The van der Waals surface area contributed by atoms with Crippen molar-refractivity contribution in [2.75, 3.05) is 5.75 Å². The monoisotopic (exact) mass is 266 g/mol. The zero-order valence-corrected chi connectivity index (χ0v) is 11.0. The van der Waals surface area contributed by atoms with Gasteiger partial charge in [0.05, 0.1) is 16.2 Å². The number of carboxylic acids is 1. The molecule has 1 rings (SSSR count). The lowest BCUT2D eigenvalue weighted by molar-refractivity contribution is 0.0696. The first-order chi connectivity index (χ1) is 8.40. The molecule has 18 heavy (non-hydrogen) atoms. The van der Waals surface area contributed by atoms with E-state index in [1.165, 1.54) is 25.1 Å². The Morgan fingerprint density at radius 1 is 1.39 bits per heavy atom. The third-order valence-corrected chi connectivity index (χ3v) is 4.38. The summed E-state index contributed by atoms with van der Waals surface area (Å²) in [5.74, 6) is 4.09. The summed E-state index contributed by atoms with van der Waals surface area (Å²) in [5.41, 5.74) is 0.284. The summed E-state index contributed by atoms with van der Waals surface area (Å²) in [6, 6.07) is 4.26. The smallest absolute Gasteiger partial charge is 0.335 e. The van der Waals surface area contributed by atoms with Crippen molar-refractivity contribution in [1.29, 1.82) is 0 Å². The number of hydrogen-bond acceptors (Lipinski definition) is 3. The van der Waals surface area contributed by atoms with E-state index < -0.39 is 15.8 Å². The number of sulfone groups is 1. The van der Waals surface area contributed by atoms with Crippen molar-refractivity contribution in [2.24, 2.45) is 0 Å². The summed E-state index contributed by atoms with van der Waals surface area (Å²) >= 11 is 0. The van der Waals surface area contributed by atoms with Gasteiger partial charge in [-0.2, -0.15) is 0 Å². The summed E-state index contributed by atoms with van der Waals surface area (Å²) in [7, 11) is -3.49. The van der Waals surface area contributed by atoms with E-state index in [4.69, 9.17) is 5.11 Å². The molecular weight excluding hydrogens is 252 g/mol. The van der Waals surface area contributed by atoms with Crippen molar-refractivity contribution >= 4 is 15.8 Å². The Morgan fingerprint density at radius 3 is 2.61 bits per heavy atom. The highest BCUT2D eigenvalue weighted by atomic mass is 32.2. The van der Waals surface area contributed by atoms with Gasteiger partial charge in [0.1, 0.15) is 0 Å². The summed E-state index contributed by atoms with van der Waals surface area (Å²) < 4.78 is 24.1. The van der Waals surface area contributed by atoms with Crippen LogP contribution in [0, 0.1) is 18.8 Å². The van der Waals surface area contributed by atoms with Crippen molar-refractivity contribution in [1.82, 2.24) is 0 Å². The van der Waals surface area contributed by atoms with E-state index >= 15 is 0 Å². The lowest BCUT2D eigenvalue weighted by Gasteiger charge is -2.08. The van der Waals surface area contributed by atoms with Gasteiger partial charge in [0.2, 0.25) is 0 Å². The van der Waals surface area contributed by atoms with E-state index in [1.54, 1.807) is 6.92 Å². The SMILES string of the molecule is CC#CCCS(=O)(=O)c1cccc(C(=O)O)c1C. The molecule has 0 aliphatic rings. The Labute approximate surface area is 107 Å². The van der Waals surface area contributed by atoms with Crippen LogP contribution in [0.25, 0.3) is 0 Å². The quantitative estimate of drug-likeness (QED) is 0.845. The van der Waals surface area contributed by atoms with Gasteiger partial charge in [-0.25, -0.2) is 13.2 Å². The van der Waals surface area contributed by atoms with Crippen molar-refractivity contribution < 1.29 is 18.3 Å². The van der Waals surface area contributed by atoms with Crippen molar-refractivity contribution in [3.63, 3.8) is 0 Å². The van der Waals surface area contributed by atoms with Gasteiger partial charge in [-0.3, -0.25) is 0 Å². The van der Waals surface area contributed by atoms with Crippen molar-refractivity contribution in [3.8, 4) is 11.8 Å². The molecule has 0 bridgehead atoms. The lowest BCUT2D eigenvalue weighted by Crippen LogP contribution is -2.11. The average Bonchev–Trinajstić information content (AvgIpc) is 2.28. The molecular formula is C13H14O4S. The maximum Gasteiger partial charge on any atom is 0.335 e. The Balaban J connectivity index is 3.20. The van der Waals surface area contributed by atoms with Crippen LogP contribution in [0.3, 0.4) is 0 Å². The standard InChI is InChI=1S/C13H14O4S/c1-3-4-5-9-18(16,17)12-8-6-7-11(10(12)2)13(14)15/h6-8H,5,9H2,1-2H3,(H,14,15). The molecule has 0 aliphatic carbocycles. The molecule has 1 N–H and O–H groups in total. The van der Waals surface area contributed by atoms with Gasteiger partial charge in [0.15, 0.2) is 9.84 Å². The molecule has 0 heterocycles. The van der Waals surface area contributed by atoms with Crippen LogP contribution in [0.2, 0.25) is 0 Å². The highest BCUT2D eigenvalue weighted by molar-refractivity contribution is 7.91. The summed E-state index contributed by atoms with van der Waals surface area (Å²) in [6.07, 6.45) is 0.246. The number of carbonyl (C=O) groups is 1. The van der Waals surface area contributed by atoms with Crippen LogP contribution in [-0.4, -0.2) is 25.2 Å². The van der Waals surface area contributed by atoms with E-state index in [0.29, 0.717) is 0 Å². The molecule has 0 spiro atoms. The predicted molar refractivity (Wildman–Crippen MR) is 68.3 cm³/mol. The zero-order chi connectivity index (χ0) is 13.8. The van der Waals surface area contributed by atoms with Gasteiger partial charge in [-0.15, -0.1) is 11.8 Å². The van der Waals surface area contributed by atoms with E-state index in [-0.39, 0.29) is 28.2 Å². The van der Waals surface area contributed by atoms with Gasteiger partial charge in [-0.1, -0.05) is 6.07 Å². The van der Waals surface area contributed by atoms with Gasteiger partial charge < -0.3 is 5.11 Å². The first kappa shape index (κ1) is 14.3. The predicted octanol–water partition coefficient (Wildman–Crippen LogP) is 1.88. The molecule has 0 unspecified atom stereocenters. The minimum Gasteiger partial charge on any atom is -0.478 e. The number of hydrogen-bond donors (Lipinski definition) is 1. The average molecular weight is 266 g/mol. The van der Waals surface area contributed by atoms with Crippen LogP contribution in [0.4, 0.5) is 0 Å². The molecule has 0 saturated heterocycles. The molecule has 0 aromatic heterocycles. The van der Waals surface area contributed by atoms with Gasteiger partial charge in [-0.05, 0) is 31.5 Å². The van der Waals surface area contributed by atoms with E-state index in [9.17, 15) is 13.2 Å². The number of benzene rings is 1. The fourth-order valence-corrected chi connectivity index (χ4v) is 3.06. The first-order valence-electron chi connectivity index (χ1n) is 5.35. The largest absolute Gasteiger partial charge is 0.478 e. The van der Waals surface area contributed by atoms with E-state index in [0.717, 1.165) is 0 Å². The number of aromatic carboxylic acids is 1. The van der Waals surface area contributed by atoms with Crippen LogP contribution >= 0.6 is 0 Å². The van der Waals surface area contributed by atoms with Gasteiger partial charge >= 0.3 is 5.97 Å². The van der Waals surface area contributed by atoms with Crippen molar-refractivity contribution in [3.05, 3.63) is 29.3 Å². The Bertz CT molecular complexity index is 618. The van der Waals surface area contributed by atoms with Crippen molar-refractivity contribution in [2.45, 2.75) is 25.2 Å². The fourth-order valence-electron chi connectivity index (χ4n) is 1.60. The highest BCUT2D eigenvalue weighted by Gasteiger charge is 2.19. The molecule has 4 nitrogen and oxygen atoms in total. The Kier molecular flexibility index (Phi) is 4.51. The maximum absolute atomic E-state index is 12.0. The van der Waals surface area contributed by atoms with Gasteiger partial charge in [0.25, 0.3) is 0 Å². The van der Waals surface area contributed by atoms with E-state index in [2.05, 4.69) is 11.8 Å². The zero-order valence-electron chi connectivity index (χ0n) is 10.2. The molecule has 0 amide bonds. The summed E-state index contributed by atoms with van der Waals surface area (Å²) in [6.45, 7) is 3.14. The molecule has 1 aromatic rings. The van der Waals surface area contributed by atoms with Crippen LogP contribution in [0.5, 0.6) is 0 Å². The minimum absolute atomic E-state index is 0.0117. The summed E-state index contributed by atoms with van der Waals surface area (Å²) in [4.78, 5) is 11.0. The second kappa shape index (κ2) is 5.69. The second-order valence-electron chi connectivity index (χ2n) is 3.73. The van der Waals surface area contributed by atoms with E-state index in [1.807, 2.05) is 0 Å². The normalized spacial score (nSPS) is 10.6.